The lowest BCUT2D eigenvalue weighted by molar-refractivity contribution is 0.338. The van der Waals surface area contributed by atoms with Gasteiger partial charge >= 0.3 is 0 Å². The van der Waals surface area contributed by atoms with Crippen LogP contribution in [-0.2, 0) is 6.54 Å². The van der Waals surface area contributed by atoms with Gasteiger partial charge in [-0.2, -0.15) is 5.10 Å². The van der Waals surface area contributed by atoms with E-state index in [1.165, 1.54) is 12.1 Å². The van der Waals surface area contributed by atoms with Crippen LogP contribution in [-0.4, -0.2) is 27.4 Å². The van der Waals surface area contributed by atoms with Gasteiger partial charge in [0.1, 0.15) is 11.5 Å². The third kappa shape index (κ3) is 2.90. The molecule has 3 heterocycles. The van der Waals surface area contributed by atoms with Gasteiger partial charge in [-0.05, 0) is 49.7 Å². The van der Waals surface area contributed by atoms with Crippen molar-refractivity contribution in [3.8, 4) is 11.3 Å². The van der Waals surface area contributed by atoms with Gasteiger partial charge in [0, 0.05) is 18.1 Å². The van der Waals surface area contributed by atoms with Gasteiger partial charge in [0.05, 0.1) is 17.1 Å². The predicted octanol–water partition coefficient (Wildman–Crippen LogP) is 3.41. The number of nitrogens with one attached hydrogen (secondary N) is 1. The van der Waals surface area contributed by atoms with Crippen LogP contribution in [0, 0.1) is 5.82 Å². The standard InChI is InChI=1S/C22H21FN4O/c23-16-7-5-15(6-8-16)13-26-14-19-21(18-3-1-2-4-20(18)26)25-27(22(19)28)17-9-11-24-12-10-17/h1-8,14,17,24H,9-13H2. The fourth-order valence-corrected chi connectivity index (χ4v) is 4.11. The molecule has 0 unspecified atom stereocenters. The third-order valence-corrected chi connectivity index (χ3v) is 5.58. The van der Waals surface area contributed by atoms with Crippen LogP contribution < -0.4 is 10.9 Å². The number of piperidine rings is 1. The Labute approximate surface area is 161 Å². The van der Waals surface area contributed by atoms with E-state index >= 15 is 0 Å². The largest absolute Gasteiger partial charge is 0.342 e. The number of aromatic nitrogens is 3. The SMILES string of the molecule is O=c1c2cn(Cc3ccc(F)cc3)c3ccccc3c-2nn1C1CCNCC1. The summed E-state index contributed by atoms with van der Waals surface area (Å²) in [4.78, 5) is 13.1. The zero-order valence-electron chi connectivity index (χ0n) is 15.4. The molecule has 0 radical (unpaired) electrons. The van der Waals surface area contributed by atoms with E-state index in [-0.39, 0.29) is 17.4 Å². The van der Waals surface area contributed by atoms with Gasteiger partial charge in [-0.1, -0.05) is 30.3 Å². The first kappa shape index (κ1) is 17.1. The summed E-state index contributed by atoms with van der Waals surface area (Å²) in [5.74, 6) is -0.251. The zero-order chi connectivity index (χ0) is 19.1. The molecule has 0 aliphatic carbocycles. The zero-order valence-corrected chi connectivity index (χ0v) is 15.4. The summed E-state index contributed by atoms with van der Waals surface area (Å²) in [6.07, 6.45) is 3.72. The van der Waals surface area contributed by atoms with Crippen LogP contribution in [0.3, 0.4) is 0 Å². The topological polar surface area (TPSA) is 51.9 Å². The molecular formula is C22H21FN4O. The van der Waals surface area contributed by atoms with E-state index in [0.29, 0.717) is 12.1 Å². The van der Waals surface area contributed by atoms with Crippen LogP contribution in [0.15, 0.2) is 59.5 Å². The Balaban J connectivity index is 1.67. The fourth-order valence-electron chi connectivity index (χ4n) is 4.11. The van der Waals surface area contributed by atoms with Crippen molar-refractivity contribution in [1.82, 2.24) is 19.7 Å². The monoisotopic (exact) mass is 376 g/mol. The second-order valence-corrected chi connectivity index (χ2v) is 7.39. The maximum Gasteiger partial charge on any atom is 0.278 e. The molecule has 0 saturated carbocycles. The summed E-state index contributed by atoms with van der Waals surface area (Å²) in [6.45, 7) is 2.38. The molecular weight excluding hydrogens is 355 g/mol. The van der Waals surface area contributed by atoms with Gasteiger partial charge < -0.3 is 9.88 Å². The van der Waals surface area contributed by atoms with Gasteiger partial charge in [0.2, 0.25) is 0 Å². The summed E-state index contributed by atoms with van der Waals surface area (Å²) >= 11 is 0. The Morgan fingerprint density at radius 3 is 2.61 bits per heavy atom. The molecule has 5 rings (SSSR count). The van der Waals surface area contributed by atoms with Crippen LogP contribution in [0.2, 0.25) is 0 Å². The van der Waals surface area contributed by atoms with Crippen LogP contribution in [0.5, 0.6) is 0 Å². The van der Waals surface area contributed by atoms with Gasteiger partial charge in [-0.25, -0.2) is 9.07 Å². The normalized spacial score (nSPS) is 15.5. The highest BCUT2D eigenvalue weighted by molar-refractivity contribution is 5.93. The third-order valence-electron chi connectivity index (χ3n) is 5.58. The van der Waals surface area contributed by atoms with E-state index in [2.05, 4.69) is 9.88 Å². The first-order valence-corrected chi connectivity index (χ1v) is 9.66. The smallest absolute Gasteiger partial charge is 0.278 e. The highest BCUT2D eigenvalue weighted by Gasteiger charge is 2.25. The molecule has 5 nitrogen and oxygen atoms in total. The minimum atomic E-state index is -0.251. The first-order valence-electron chi connectivity index (χ1n) is 9.66. The lowest BCUT2D eigenvalue weighted by Crippen LogP contribution is -2.33. The Morgan fingerprint density at radius 2 is 1.82 bits per heavy atom. The van der Waals surface area contributed by atoms with Crippen molar-refractivity contribution in [2.75, 3.05) is 13.1 Å². The number of para-hydroxylation sites is 1. The Kier molecular flexibility index (Phi) is 4.20. The molecule has 3 aliphatic heterocycles. The van der Waals surface area contributed by atoms with Crippen molar-refractivity contribution < 1.29 is 4.39 Å². The van der Waals surface area contributed by atoms with E-state index in [1.807, 2.05) is 30.5 Å². The molecule has 0 aromatic heterocycles. The maximum absolute atomic E-state index is 13.3. The molecule has 0 atom stereocenters. The van der Waals surface area contributed by atoms with Crippen molar-refractivity contribution in [2.24, 2.45) is 0 Å². The van der Waals surface area contributed by atoms with Crippen LogP contribution in [0.25, 0.3) is 22.2 Å². The van der Waals surface area contributed by atoms with E-state index in [1.54, 1.807) is 16.8 Å². The number of fused-ring (bicyclic) bond motifs is 3. The number of benzene rings is 2. The van der Waals surface area contributed by atoms with Gasteiger partial charge in [0.25, 0.3) is 5.56 Å². The number of rotatable bonds is 3. The molecule has 6 heteroatoms. The molecule has 3 aliphatic rings. The van der Waals surface area contributed by atoms with Crippen LogP contribution in [0.1, 0.15) is 24.4 Å². The second kappa shape index (κ2) is 6.87. The number of halogens is 1. The molecule has 1 N–H and O–H groups in total. The van der Waals surface area contributed by atoms with E-state index < -0.39 is 0 Å². The molecule has 0 bridgehead atoms. The summed E-state index contributed by atoms with van der Waals surface area (Å²) in [5.41, 5.74) is 3.36. The Hall–Kier alpha value is -2.99. The minimum Gasteiger partial charge on any atom is -0.342 e. The number of pyridine rings is 1. The second-order valence-electron chi connectivity index (χ2n) is 7.39. The van der Waals surface area contributed by atoms with Crippen LogP contribution in [0.4, 0.5) is 4.39 Å². The van der Waals surface area contributed by atoms with Gasteiger partial charge in [-0.15, -0.1) is 0 Å². The minimum absolute atomic E-state index is 0.0273. The molecule has 2 aromatic carbocycles. The molecule has 2 aromatic rings. The molecule has 0 spiro atoms. The van der Waals surface area contributed by atoms with Crippen LogP contribution >= 0.6 is 0 Å². The maximum atomic E-state index is 13.3. The number of nitrogens with zero attached hydrogens (tertiary/aromatic N) is 3. The fraction of sp³-hybridized carbons (Fsp3) is 0.273. The van der Waals surface area contributed by atoms with E-state index in [0.717, 1.165) is 48.1 Å². The highest BCUT2D eigenvalue weighted by atomic mass is 19.1. The van der Waals surface area contributed by atoms with Crippen molar-refractivity contribution in [3.63, 3.8) is 0 Å². The summed E-state index contributed by atoms with van der Waals surface area (Å²) in [6, 6.07) is 14.6. The highest BCUT2D eigenvalue weighted by Crippen LogP contribution is 2.29. The summed E-state index contributed by atoms with van der Waals surface area (Å²) in [7, 11) is 0. The Morgan fingerprint density at radius 1 is 1.07 bits per heavy atom. The molecule has 1 saturated heterocycles. The quantitative estimate of drug-likeness (QED) is 0.596. The summed E-state index contributed by atoms with van der Waals surface area (Å²) < 4.78 is 17.0. The van der Waals surface area contributed by atoms with Gasteiger partial charge in [-0.3, -0.25) is 4.79 Å². The van der Waals surface area contributed by atoms with Crippen molar-refractivity contribution in [1.29, 1.82) is 0 Å². The Bertz CT molecular complexity index is 1160. The molecule has 1 fully saturated rings. The molecule has 28 heavy (non-hydrogen) atoms. The van der Waals surface area contributed by atoms with Crippen molar-refractivity contribution in [3.05, 3.63) is 76.5 Å². The first-order chi connectivity index (χ1) is 13.7. The van der Waals surface area contributed by atoms with Crippen molar-refractivity contribution in [2.45, 2.75) is 25.4 Å². The molecule has 0 amide bonds. The average molecular weight is 376 g/mol. The average Bonchev–Trinajstić information content (AvgIpc) is 3.07. The molecule has 142 valence electrons. The lowest BCUT2D eigenvalue weighted by Gasteiger charge is -2.21. The number of hydrogen-bond donors (Lipinski definition) is 1. The van der Waals surface area contributed by atoms with E-state index in [9.17, 15) is 9.18 Å². The summed E-state index contributed by atoms with van der Waals surface area (Å²) in [5, 5.41) is 9.04. The van der Waals surface area contributed by atoms with Crippen molar-refractivity contribution >= 4 is 10.9 Å². The van der Waals surface area contributed by atoms with Gasteiger partial charge in [0.15, 0.2) is 0 Å². The number of hydrogen-bond acceptors (Lipinski definition) is 3. The lowest BCUT2D eigenvalue weighted by atomic mass is 10.1. The predicted molar refractivity (Wildman–Crippen MR) is 107 cm³/mol. The van der Waals surface area contributed by atoms with E-state index in [4.69, 9.17) is 5.10 Å².